The number of carbonyl (C=O) groups is 1. The summed E-state index contributed by atoms with van der Waals surface area (Å²) < 4.78 is 38.5. The minimum atomic E-state index is -4.04. The Morgan fingerprint density at radius 3 is 2.18 bits per heavy atom. The summed E-state index contributed by atoms with van der Waals surface area (Å²) in [5, 5.41) is 3.14. The predicted octanol–water partition coefficient (Wildman–Crippen LogP) is 4.81. The van der Waals surface area contributed by atoms with Crippen molar-refractivity contribution in [2.75, 3.05) is 30.4 Å². The smallest absolute Gasteiger partial charge is 0.264 e. The average Bonchev–Trinajstić information content (AvgIpc) is 2.79. The number of rotatable bonds is 8. The number of ether oxygens (including phenoxy) is 2. The summed E-state index contributed by atoms with van der Waals surface area (Å²) >= 11 is 5.93. The molecule has 1 amide bonds. The highest BCUT2D eigenvalue weighted by Crippen LogP contribution is 2.30. The maximum atomic E-state index is 13.5. The Bertz CT molecular complexity index is 1260. The van der Waals surface area contributed by atoms with Gasteiger partial charge in [0.15, 0.2) is 11.5 Å². The highest BCUT2D eigenvalue weighted by Gasteiger charge is 2.27. The first-order chi connectivity index (χ1) is 15.6. The van der Waals surface area contributed by atoms with E-state index in [0.717, 1.165) is 15.4 Å². The number of nitrogens with zero attached hydrogens (tertiary/aromatic N) is 1. The molecule has 3 aromatic rings. The predicted molar refractivity (Wildman–Crippen MR) is 130 cm³/mol. The molecule has 0 aromatic heterocycles. The molecule has 3 rings (SSSR count). The average molecular weight is 489 g/mol. The number of amides is 1. The lowest BCUT2D eigenvalue weighted by atomic mass is 10.1. The molecule has 33 heavy (non-hydrogen) atoms. The van der Waals surface area contributed by atoms with Gasteiger partial charge in [0.05, 0.1) is 24.8 Å². The number of nitrogens with one attached hydrogen (secondary N) is 1. The maximum Gasteiger partial charge on any atom is 0.264 e. The van der Waals surface area contributed by atoms with Crippen LogP contribution in [-0.2, 0) is 14.8 Å². The van der Waals surface area contributed by atoms with Crippen molar-refractivity contribution in [2.24, 2.45) is 0 Å². The minimum absolute atomic E-state index is 0.0315. The quantitative estimate of drug-likeness (QED) is 0.492. The SMILES string of the molecule is COc1ccc(NC(=O)CN(c2ccc(C)c(C)c2)S(=O)(=O)c2ccc(Cl)cc2)cc1OC. The second kappa shape index (κ2) is 10.1. The Labute approximate surface area is 198 Å². The molecule has 0 bridgehead atoms. The van der Waals surface area contributed by atoms with Crippen LogP contribution in [0, 0.1) is 13.8 Å². The van der Waals surface area contributed by atoms with E-state index in [1.807, 2.05) is 19.9 Å². The van der Waals surface area contributed by atoms with Crippen molar-refractivity contribution in [1.82, 2.24) is 0 Å². The highest BCUT2D eigenvalue weighted by molar-refractivity contribution is 7.92. The van der Waals surface area contributed by atoms with Crippen LogP contribution >= 0.6 is 11.6 Å². The fourth-order valence-corrected chi connectivity index (χ4v) is 4.71. The number of sulfonamides is 1. The molecule has 0 atom stereocenters. The van der Waals surface area contributed by atoms with Gasteiger partial charge in [0, 0.05) is 16.8 Å². The van der Waals surface area contributed by atoms with Crippen LogP contribution < -0.4 is 19.1 Å². The summed E-state index contributed by atoms with van der Waals surface area (Å²) in [6, 6.07) is 16.0. The molecule has 3 aromatic carbocycles. The van der Waals surface area contributed by atoms with Crippen molar-refractivity contribution in [3.63, 3.8) is 0 Å². The molecule has 1 N–H and O–H groups in total. The van der Waals surface area contributed by atoms with E-state index in [9.17, 15) is 13.2 Å². The minimum Gasteiger partial charge on any atom is -0.493 e. The fourth-order valence-electron chi connectivity index (χ4n) is 3.17. The molecule has 0 saturated carbocycles. The monoisotopic (exact) mass is 488 g/mol. The van der Waals surface area contributed by atoms with Crippen LogP contribution in [0.4, 0.5) is 11.4 Å². The standard InChI is InChI=1S/C24H25ClN2O5S/c1-16-5-9-20(13-17(16)2)27(33(29,30)21-10-6-18(25)7-11-21)15-24(28)26-19-8-12-22(31-3)23(14-19)32-4/h5-14H,15H2,1-4H3,(H,26,28). The van der Waals surface area contributed by atoms with Crippen molar-refractivity contribution < 1.29 is 22.7 Å². The Hall–Kier alpha value is -3.23. The molecule has 0 radical (unpaired) electrons. The number of hydrogen-bond donors (Lipinski definition) is 1. The van der Waals surface area contributed by atoms with Crippen LogP contribution in [0.1, 0.15) is 11.1 Å². The molecule has 7 nitrogen and oxygen atoms in total. The fraction of sp³-hybridized carbons (Fsp3) is 0.208. The van der Waals surface area contributed by atoms with Gasteiger partial charge in [-0.1, -0.05) is 17.7 Å². The first-order valence-electron chi connectivity index (χ1n) is 10.0. The molecule has 0 fully saturated rings. The Kier molecular flexibility index (Phi) is 7.50. The summed E-state index contributed by atoms with van der Waals surface area (Å²) in [6.45, 7) is 3.39. The van der Waals surface area contributed by atoms with E-state index in [2.05, 4.69) is 5.32 Å². The van der Waals surface area contributed by atoms with Crippen LogP contribution in [0.25, 0.3) is 0 Å². The van der Waals surface area contributed by atoms with Gasteiger partial charge < -0.3 is 14.8 Å². The number of anilines is 2. The van der Waals surface area contributed by atoms with E-state index < -0.39 is 22.5 Å². The normalized spacial score (nSPS) is 11.1. The lowest BCUT2D eigenvalue weighted by Crippen LogP contribution is -2.38. The molecular weight excluding hydrogens is 464 g/mol. The molecule has 0 aliphatic carbocycles. The Morgan fingerprint density at radius 1 is 0.909 bits per heavy atom. The van der Waals surface area contributed by atoms with Crippen molar-refractivity contribution in [1.29, 1.82) is 0 Å². The van der Waals surface area contributed by atoms with E-state index in [0.29, 0.717) is 27.9 Å². The molecule has 0 spiro atoms. The number of aryl methyl sites for hydroxylation is 2. The summed E-state index contributed by atoms with van der Waals surface area (Å²) in [5.41, 5.74) is 2.75. The van der Waals surface area contributed by atoms with Crippen molar-refractivity contribution in [3.05, 3.63) is 76.8 Å². The van der Waals surface area contributed by atoms with Gasteiger partial charge in [0.1, 0.15) is 6.54 Å². The van der Waals surface area contributed by atoms with Crippen LogP contribution in [0.15, 0.2) is 65.6 Å². The van der Waals surface area contributed by atoms with E-state index >= 15 is 0 Å². The lowest BCUT2D eigenvalue weighted by Gasteiger charge is -2.25. The maximum absolute atomic E-state index is 13.5. The first-order valence-corrected chi connectivity index (χ1v) is 11.8. The second-order valence-corrected chi connectivity index (χ2v) is 9.65. The number of hydrogen-bond acceptors (Lipinski definition) is 5. The molecule has 0 heterocycles. The van der Waals surface area contributed by atoms with Gasteiger partial charge in [-0.3, -0.25) is 9.10 Å². The van der Waals surface area contributed by atoms with Crippen molar-refractivity contribution in [2.45, 2.75) is 18.7 Å². The van der Waals surface area contributed by atoms with Crippen molar-refractivity contribution >= 4 is 38.9 Å². The van der Waals surface area contributed by atoms with Crippen LogP contribution in [0.5, 0.6) is 11.5 Å². The lowest BCUT2D eigenvalue weighted by molar-refractivity contribution is -0.114. The third-order valence-electron chi connectivity index (χ3n) is 5.13. The summed E-state index contributed by atoms with van der Waals surface area (Å²) in [6.07, 6.45) is 0. The Morgan fingerprint density at radius 2 is 1.58 bits per heavy atom. The third-order valence-corrected chi connectivity index (χ3v) is 7.17. The van der Waals surface area contributed by atoms with Crippen LogP contribution in [0.2, 0.25) is 5.02 Å². The number of methoxy groups -OCH3 is 2. The summed E-state index contributed by atoms with van der Waals surface area (Å²) in [7, 11) is -1.04. The summed E-state index contributed by atoms with van der Waals surface area (Å²) in [4.78, 5) is 13.0. The molecule has 0 unspecified atom stereocenters. The molecule has 0 aliphatic heterocycles. The van der Waals surface area contributed by atoms with Crippen LogP contribution in [-0.4, -0.2) is 35.1 Å². The molecule has 0 saturated heterocycles. The number of halogens is 1. The van der Waals surface area contributed by atoms with Gasteiger partial charge in [0.2, 0.25) is 5.91 Å². The van der Waals surface area contributed by atoms with Gasteiger partial charge in [-0.15, -0.1) is 0 Å². The Balaban J connectivity index is 1.95. The van der Waals surface area contributed by atoms with Gasteiger partial charge in [0.25, 0.3) is 10.0 Å². The van der Waals surface area contributed by atoms with E-state index in [-0.39, 0.29) is 4.90 Å². The van der Waals surface area contributed by atoms with Crippen molar-refractivity contribution in [3.8, 4) is 11.5 Å². The molecule has 174 valence electrons. The zero-order valence-electron chi connectivity index (χ0n) is 18.8. The zero-order chi connectivity index (χ0) is 24.2. The topological polar surface area (TPSA) is 84.9 Å². The highest BCUT2D eigenvalue weighted by atomic mass is 35.5. The third kappa shape index (κ3) is 5.58. The van der Waals surface area contributed by atoms with Crippen LogP contribution in [0.3, 0.4) is 0 Å². The summed E-state index contributed by atoms with van der Waals surface area (Å²) in [5.74, 6) is 0.436. The largest absolute Gasteiger partial charge is 0.493 e. The number of benzene rings is 3. The molecular formula is C24H25ClN2O5S. The number of carbonyl (C=O) groups excluding carboxylic acids is 1. The van der Waals surface area contributed by atoms with E-state index in [4.69, 9.17) is 21.1 Å². The molecule has 9 heteroatoms. The van der Waals surface area contributed by atoms with Gasteiger partial charge in [-0.25, -0.2) is 8.42 Å². The van der Waals surface area contributed by atoms with E-state index in [1.54, 1.807) is 30.3 Å². The van der Waals surface area contributed by atoms with Gasteiger partial charge in [-0.05, 0) is 73.5 Å². The molecule has 0 aliphatic rings. The van der Waals surface area contributed by atoms with Gasteiger partial charge in [-0.2, -0.15) is 0 Å². The van der Waals surface area contributed by atoms with Gasteiger partial charge >= 0.3 is 0 Å². The first kappa shape index (κ1) is 24.4. The van der Waals surface area contributed by atoms with E-state index in [1.165, 1.54) is 38.5 Å². The zero-order valence-corrected chi connectivity index (χ0v) is 20.3. The second-order valence-electron chi connectivity index (χ2n) is 7.35.